The van der Waals surface area contributed by atoms with Gasteiger partial charge in [0, 0.05) is 45.3 Å². The molecular weight excluding hydrogens is 222 g/mol. The van der Waals surface area contributed by atoms with Crippen molar-refractivity contribution in [2.45, 2.75) is 40.2 Å². The van der Waals surface area contributed by atoms with Crippen LogP contribution in [0.4, 0.5) is 0 Å². The second-order valence-corrected chi connectivity index (χ2v) is 5.85. The van der Waals surface area contributed by atoms with Crippen molar-refractivity contribution in [2.24, 2.45) is 5.92 Å². The van der Waals surface area contributed by atoms with Gasteiger partial charge in [0.25, 0.3) is 0 Å². The molecule has 0 aromatic heterocycles. The van der Waals surface area contributed by atoms with Crippen LogP contribution in [0.1, 0.15) is 34.1 Å². The van der Waals surface area contributed by atoms with Crippen molar-refractivity contribution in [2.75, 3.05) is 52.9 Å². The van der Waals surface area contributed by atoms with E-state index in [0.717, 1.165) is 12.0 Å². The fourth-order valence-corrected chi connectivity index (χ4v) is 3.00. The van der Waals surface area contributed by atoms with E-state index in [-0.39, 0.29) is 0 Å². The molecule has 1 unspecified atom stereocenters. The van der Waals surface area contributed by atoms with Crippen LogP contribution in [0.15, 0.2) is 0 Å². The third kappa shape index (κ3) is 4.87. The zero-order valence-corrected chi connectivity index (χ0v) is 13.2. The summed E-state index contributed by atoms with van der Waals surface area (Å²) in [5.74, 6) is 0.926. The van der Waals surface area contributed by atoms with E-state index in [1.54, 1.807) is 0 Å². The molecule has 18 heavy (non-hydrogen) atoms. The fourth-order valence-electron chi connectivity index (χ4n) is 3.00. The highest BCUT2D eigenvalue weighted by Crippen LogP contribution is 2.17. The number of piperazine rings is 1. The van der Waals surface area contributed by atoms with Gasteiger partial charge in [-0.15, -0.1) is 0 Å². The molecule has 0 saturated carbocycles. The van der Waals surface area contributed by atoms with Crippen molar-refractivity contribution in [3.63, 3.8) is 0 Å². The SMILES string of the molecule is CC.CC(C)N1CCN(CC2CCN(C)C2)CC1. The summed E-state index contributed by atoms with van der Waals surface area (Å²) < 4.78 is 0. The van der Waals surface area contributed by atoms with Gasteiger partial charge in [0.05, 0.1) is 0 Å². The summed E-state index contributed by atoms with van der Waals surface area (Å²) in [6.45, 7) is 17.6. The molecule has 1 atom stereocenters. The molecule has 2 aliphatic heterocycles. The fraction of sp³-hybridized carbons (Fsp3) is 1.00. The summed E-state index contributed by atoms with van der Waals surface area (Å²) >= 11 is 0. The minimum absolute atomic E-state index is 0.722. The first-order valence-electron chi connectivity index (χ1n) is 7.80. The van der Waals surface area contributed by atoms with Crippen LogP contribution in [0.25, 0.3) is 0 Å². The molecule has 0 bridgehead atoms. The van der Waals surface area contributed by atoms with Crippen LogP contribution in [0, 0.1) is 5.92 Å². The number of hydrogen-bond donors (Lipinski definition) is 0. The number of nitrogens with zero attached hydrogens (tertiary/aromatic N) is 3. The molecule has 0 amide bonds. The van der Waals surface area contributed by atoms with Gasteiger partial charge in [0.2, 0.25) is 0 Å². The molecule has 0 N–H and O–H groups in total. The lowest BCUT2D eigenvalue weighted by molar-refractivity contribution is 0.0977. The van der Waals surface area contributed by atoms with E-state index in [9.17, 15) is 0 Å². The predicted molar refractivity (Wildman–Crippen MR) is 80.1 cm³/mol. The lowest BCUT2D eigenvalue weighted by Crippen LogP contribution is -2.50. The summed E-state index contributed by atoms with van der Waals surface area (Å²) in [5.41, 5.74) is 0. The first-order valence-corrected chi connectivity index (χ1v) is 7.80. The highest BCUT2D eigenvalue weighted by molar-refractivity contribution is 4.80. The summed E-state index contributed by atoms with van der Waals surface area (Å²) in [7, 11) is 2.25. The van der Waals surface area contributed by atoms with Crippen molar-refractivity contribution in [1.29, 1.82) is 0 Å². The lowest BCUT2D eigenvalue weighted by Gasteiger charge is -2.37. The van der Waals surface area contributed by atoms with Gasteiger partial charge in [-0.25, -0.2) is 0 Å². The largest absolute Gasteiger partial charge is 0.306 e. The maximum atomic E-state index is 2.67. The summed E-state index contributed by atoms with van der Waals surface area (Å²) in [6, 6.07) is 0.722. The summed E-state index contributed by atoms with van der Waals surface area (Å²) in [4.78, 5) is 7.73. The first-order chi connectivity index (χ1) is 8.65. The maximum absolute atomic E-state index is 2.67. The lowest BCUT2D eigenvalue weighted by atomic mass is 10.1. The Kier molecular flexibility index (Phi) is 7.20. The molecule has 2 saturated heterocycles. The molecule has 0 aromatic rings. The van der Waals surface area contributed by atoms with E-state index >= 15 is 0 Å². The molecule has 0 spiro atoms. The van der Waals surface area contributed by atoms with Crippen molar-refractivity contribution < 1.29 is 0 Å². The van der Waals surface area contributed by atoms with Crippen molar-refractivity contribution in [3.05, 3.63) is 0 Å². The van der Waals surface area contributed by atoms with E-state index in [1.165, 1.54) is 52.2 Å². The molecular formula is C15H33N3. The Bertz CT molecular complexity index is 210. The minimum atomic E-state index is 0.722. The van der Waals surface area contributed by atoms with E-state index < -0.39 is 0 Å². The monoisotopic (exact) mass is 255 g/mol. The summed E-state index contributed by atoms with van der Waals surface area (Å²) in [5, 5.41) is 0. The molecule has 3 nitrogen and oxygen atoms in total. The Balaban J connectivity index is 0.000000771. The third-order valence-electron chi connectivity index (χ3n) is 4.14. The van der Waals surface area contributed by atoms with Gasteiger partial charge < -0.3 is 9.80 Å². The second-order valence-electron chi connectivity index (χ2n) is 5.85. The quantitative estimate of drug-likeness (QED) is 0.763. The Labute approximate surface area is 114 Å². The van der Waals surface area contributed by atoms with Crippen LogP contribution >= 0.6 is 0 Å². The summed E-state index contributed by atoms with van der Waals surface area (Å²) in [6.07, 6.45) is 1.40. The average molecular weight is 255 g/mol. The Morgan fingerprint density at radius 1 is 1.00 bits per heavy atom. The van der Waals surface area contributed by atoms with Gasteiger partial charge >= 0.3 is 0 Å². The van der Waals surface area contributed by atoms with Gasteiger partial charge in [0.15, 0.2) is 0 Å². The van der Waals surface area contributed by atoms with E-state index in [2.05, 4.69) is 35.6 Å². The van der Waals surface area contributed by atoms with Crippen molar-refractivity contribution >= 4 is 0 Å². The maximum Gasteiger partial charge on any atom is 0.0113 e. The van der Waals surface area contributed by atoms with Crippen molar-refractivity contribution in [3.8, 4) is 0 Å². The Morgan fingerprint density at radius 3 is 2.06 bits per heavy atom. The van der Waals surface area contributed by atoms with Gasteiger partial charge in [-0.05, 0) is 39.8 Å². The molecule has 2 heterocycles. The molecule has 0 aromatic carbocycles. The molecule has 108 valence electrons. The number of likely N-dealkylation sites (tertiary alicyclic amines) is 1. The molecule has 3 heteroatoms. The van der Waals surface area contributed by atoms with E-state index in [4.69, 9.17) is 0 Å². The van der Waals surface area contributed by atoms with Crippen LogP contribution < -0.4 is 0 Å². The van der Waals surface area contributed by atoms with Gasteiger partial charge in [-0.2, -0.15) is 0 Å². The zero-order chi connectivity index (χ0) is 13.5. The van der Waals surface area contributed by atoms with E-state index in [1.807, 2.05) is 13.8 Å². The zero-order valence-electron chi connectivity index (χ0n) is 13.2. The van der Waals surface area contributed by atoms with Crippen LogP contribution in [-0.2, 0) is 0 Å². The standard InChI is InChI=1S/C13H27N3.C2H6/c1-12(2)16-8-6-15(7-9-16)11-13-4-5-14(3)10-13;1-2/h12-13H,4-11H2,1-3H3;1-2H3. The molecule has 0 radical (unpaired) electrons. The minimum Gasteiger partial charge on any atom is -0.306 e. The van der Waals surface area contributed by atoms with Crippen molar-refractivity contribution in [1.82, 2.24) is 14.7 Å². The predicted octanol–water partition coefficient (Wildman–Crippen LogP) is 1.99. The first kappa shape index (κ1) is 15.9. The number of rotatable bonds is 3. The highest BCUT2D eigenvalue weighted by atomic mass is 15.3. The van der Waals surface area contributed by atoms with Crippen LogP contribution in [0.3, 0.4) is 0 Å². The smallest absolute Gasteiger partial charge is 0.0113 e. The Morgan fingerprint density at radius 2 is 1.61 bits per heavy atom. The van der Waals surface area contributed by atoms with Gasteiger partial charge in [-0.3, -0.25) is 4.90 Å². The molecule has 2 fully saturated rings. The molecule has 2 rings (SSSR count). The van der Waals surface area contributed by atoms with Crippen LogP contribution in [0.5, 0.6) is 0 Å². The topological polar surface area (TPSA) is 9.72 Å². The number of hydrogen-bond acceptors (Lipinski definition) is 3. The molecule has 2 aliphatic rings. The average Bonchev–Trinajstić information content (AvgIpc) is 2.78. The highest BCUT2D eigenvalue weighted by Gasteiger charge is 2.24. The molecule has 0 aliphatic carbocycles. The van der Waals surface area contributed by atoms with Gasteiger partial charge in [-0.1, -0.05) is 13.8 Å². The third-order valence-corrected chi connectivity index (χ3v) is 4.14. The normalized spacial score (nSPS) is 27.3. The van der Waals surface area contributed by atoms with Crippen LogP contribution in [0.2, 0.25) is 0 Å². The van der Waals surface area contributed by atoms with E-state index in [0.29, 0.717) is 0 Å². The van der Waals surface area contributed by atoms with Gasteiger partial charge in [0.1, 0.15) is 0 Å². The van der Waals surface area contributed by atoms with Crippen LogP contribution in [-0.4, -0.2) is 73.6 Å². The second kappa shape index (κ2) is 8.13. The Hall–Kier alpha value is -0.120.